The highest BCUT2D eigenvalue weighted by Crippen LogP contribution is 2.23. The number of amides is 1. The standard InChI is InChI=1S/C18H24N4OS/c1-15(24-18-19-8-9-20(18)2)17(23)22-12-10-21(11-13-22)14-16-6-4-3-5-7-16/h3-9,15H,10-14H2,1-2H3. The highest BCUT2D eigenvalue weighted by Gasteiger charge is 2.26. The van der Waals surface area contributed by atoms with Gasteiger partial charge in [0, 0.05) is 52.2 Å². The van der Waals surface area contributed by atoms with Gasteiger partial charge in [0.25, 0.3) is 0 Å². The first-order valence-electron chi connectivity index (χ1n) is 8.32. The molecule has 1 fully saturated rings. The van der Waals surface area contributed by atoms with E-state index in [1.54, 1.807) is 6.20 Å². The molecule has 3 rings (SSSR count). The van der Waals surface area contributed by atoms with Crippen LogP contribution in [0.15, 0.2) is 47.9 Å². The summed E-state index contributed by atoms with van der Waals surface area (Å²) in [6.45, 7) is 6.40. The zero-order chi connectivity index (χ0) is 16.9. The van der Waals surface area contributed by atoms with Gasteiger partial charge in [0.05, 0.1) is 5.25 Å². The Morgan fingerprint density at radius 1 is 1.21 bits per heavy atom. The number of carbonyl (C=O) groups is 1. The van der Waals surface area contributed by atoms with Crippen LogP contribution in [0.4, 0.5) is 0 Å². The maximum Gasteiger partial charge on any atom is 0.235 e. The van der Waals surface area contributed by atoms with Gasteiger partial charge in [-0.25, -0.2) is 4.98 Å². The Bertz CT molecular complexity index is 665. The molecule has 0 bridgehead atoms. The van der Waals surface area contributed by atoms with Crippen molar-refractivity contribution in [2.45, 2.75) is 23.9 Å². The molecule has 1 aliphatic heterocycles. The third-order valence-electron chi connectivity index (χ3n) is 4.34. The van der Waals surface area contributed by atoms with Crippen molar-refractivity contribution in [3.63, 3.8) is 0 Å². The number of benzene rings is 1. The molecule has 1 unspecified atom stereocenters. The largest absolute Gasteiger partial charge is 0.339 e. The Kier molecular flexibility index (Phi) is 5.58. The predicted octanol–water partition coefficient (Wildman–Crippen LogP) is 2.25. The van der Waals surface area contributed by atoms with Crippen LogP contribution < -0.4 is 0 Å². The Labute approximate surface area is 147 Å². The molecule has 1 atom stereocenters. The quantitative estimate of drug-likeness (QED) is 0.780. The van der Waals surface area contributed by atoms with E-state index >= 15 is 0 Å². The number of aryl methyl sites for hydroxylation is 1. The summed E-state index contributed by atoms with van der Waals surface area (Å²) >= 11 is 1.53. The molecule has 6 heteroatoms. The molecule has 128 valence electrons. The van der Waals surface area contributed by atoms with Crippen LogP contribution in [0, 0.1) is 0 Å². The van der Waals surface area contributed by atoms with E-state index < -0.39 is 0 Å². The van der Waals surface area contributed by atoms with Crippen LogP contribution in [0.2, 0.25) is 0 Å². The van der Waals surface area contributed by atoms with Gasteiger partial charge in [0.15, 0.2) is 5.16 Å². The fourth-order valence-corrected chi connectivity index (χ4v) is 3.81. The highest BCUT2D eigenvalue weighted by molar-refractivity contribution is 8.00. The van der Waals surface area contributed by atoms with E-state index in [0.717, 1.165) is 37.9 Å². The second kappa shape index (κ2) is 7.85. The van der Waals surface area contributed by atoms with Gasteiger partial charge < -0.3 is 9.47 Å². The monoisotopic (exact) mass is 344 g/mol. The lowest BCUT2D eigenvalue weighted by molar-refractivity contribution is -0.132. The van der Waals surface area contributed by atoms with Gasteiger partial charge in [-0.2, -0.15) is 0 Å². The molecule has 2 aromatic rings. The zero-order valence-electron chi connectivity index (χ0n) is 14.3. The van der Waals surface area contributed by atoms with E-state index in [4.69, 9.17) is 0 Å². The van der Waals surface area contributed by atoms with Gasteiger partial charge in [-0.15, -0.1) is 0 Å². The van der Waals surface area contributed by atoms with Gasteiger partial charge in [-0.05, 0) is 12.5 Å². The normalized spacial score (nSPS) is 17.0. The maximum absolute atomic E-state index is 12.7. The van der Waals surface area contributed by atoms with Crippen molar-refractivity contribution in [3.8, 4) is 0 Å². The van der Waals surface area contributed by atoms with Crippen LogP contribution in [0.25, 0.3) is 0 Å². The molecule has 0 radical (unpaired) electrons. The van der Waals surface area contributed by atoms with Crippen molar-refractivity contribution in [3.05, 3.63) is 48.3 Å². The number of piperazine rings is 1. The molecule has 5 nitrogen and oxygen atoms in total. The Balaban J connectivity index is 1.49. The zero-order valence-corrected chi connectivity index (χ0v) is 15.1. The average Bonchev–Trinajstić information content (AvgIpc) is 3.00. The number of carbonyl (C=O) groups excluding carboxylic acids is 1. The molecule has 1 aliphatic rings. The molecule has 24 heavy (non-hydrogen) atoms. The molecule has 1 amide bonds. The summed E-state index contributed by atoms with van der Waals surface area (Å²) in [5.74, 6) is 0.211. The van der Waals surface area contributed by atoms with E-state index in [0.29, 0.717) is 0 Å². The molecule has 0 N–H and O–H groups in total. The first-order chi connectivity index (χ1) is 11.6. The number of nitrogens with zero attached hydrogens (tertiary/aromatic N) is 4. The minimum Gasteiger partial charge on any atom is -0.339 e. The number of aromatic nitrogens is 2. The Morgan fingerprint density at radius 2 is 1.92 bits per heavy atom. The van der Waals surface area contributed by atoms with Crippen LogP contribution in [0.3, 0.4) is 0 Å². The number of hydrogen-bond acceptors (Lipinski definition) is 4. The molecule has 0 saturated carbocycles. The summed E-state index contributed by atoms with van der Waals surface area (Å²) in [4.78, 5) is 21.3. The van der Waals surface area contributed by atoms with Crippen molar-refractivity contribution in [2.75, 3.05) is 26.2 Å². The minimum absolute atomic E-state index is 0.105. The SMILES string of the molecule is CC(Sc1nccn1C)C(=O)N1CCN(Cc2ccccc2)CC1. The minimum atomic E-state index is -0.105. The highest BCUT2D eigenvalue weighted by atomic mass is 32.2. The summed E-state index contributed by atoms with van der Waals surface area (Å²) in [5.41, 5.74) is 1.33. The summed E-state index contributed by atoms with van der Waals surface area (Å²) in [7, 11) is 1.95. The fourth-order valence-electron chi connectivity index (χ4n) is 2.90. The molecular formula is C18H24N4OS. The number of thioether (sulfide) groups is 1. The van der Waals surface area contributed by atoms with Crippen molar-refractivity contribution >= 4 is 17.7 Å². The third-order valence-corrected chi connectivity index (χ3v) is 5.50. The lowest BCUT2D eigenvalue weighted by Gasteiger charge is -2.35. The van der Waals surface area contributed by atoms with Crippen LogP contribution in [-0.2, 0) is 18.4 Å². The van der Waals surface area contributed by atoms with E-state index in [1.807, 2.05) is 35.7 Å². The van der Waals surface area contributed by atoms with Crippen molar-refractivity contribution in [2.24, 2.45) is 7.05 Å². The number of imidazole rings is 1. The first-order valence-corrected chi connectivity index (χ1v) is 9.20. The molecule has 2 heterocycles. The molecular weight excluding hydrogens is 320 g/mol. The van der Waals surface area contributed by atoms with Crippen molar-refractivity contribution in [1.82, 2.24) is 19.4 Å². The van der Waals surface area contributed by atoms with Gasteiger partial charge >= 0.3 is 0 Å². The van der Waals surface area contributed by atoms with E-state index in [-0.39, 0.29) is 11.2 Å². The number of rotatable bonds is 5. The van der Waals surface area contributed by atoms with Crippen molar-refractivity contribution < 1.29 is 4.79 Å². The van der Waals surface area contributed by atoms with E-state index in [1.165, 1.54) is 17.3 Å². The molecule has 0 aliphatic carbocycles. The molecule has 1 saturated heterocycles. The summed E-state index contributed by atoms with van der Waals surface area (Å²) in [5, 5.41) is 0.783. The van der Waals surface area contributed by atoms with Crippen molar-refractivity contribution in [1.29, 1.82) is 0 Å². The topological polar surface area (TPSA) is 41.4 Å². The third kappa shape index (κ3) is 4.19. The summed E-state index contributed by atoms with van der Waals surface area (Å²) < 4.78 is 1.95. The van der Waals surface area contributed by atoms with E-state index in [9.17, 15) is 4.79 Å². The average molecular weight is 344 g/mol. The Morgan fingerprint density at radius 3 is 2.54 bits per heavy atom. The summed E-state index contributed by atoms with van der Waals surface area (Å²) in [6.07, 6.45) is 3.67. The van der Waals surface area contributed by atoms with Gasteiger partial charge in [-0.1, -0.05) is 42.1 Å². The lowest BCUT2D eigenvalue weighted by Crippen LogP contribution is -2.50. The predicted molar refractivity (Wildman–Crippen MR) is 96.8 cm³/mol. The van der Waals surface area contributed by atoms with Gasteiger partial charge in [0.1, 0.15) is 0 Å². The van der Waals surface area contributed by atoms with E-state index in [2.05, 4.69) is 34.1 Å². The molecule has 1 aromatic heterocycles. The lowest BCUT2D eigenvalue weighted by atomic mass is 10.2. The van der Waals surface area contributed by atoms with Crippen LogP contribution in [0.1, 0.15) is 12.5 Å². The molecule has 1 aromatic carbocycles. The smallest absolute Gasteiger partial charge is 0.235 e. The van der Waals surface area contributed by atoms with Gasteiger partial charge in [-0.3, -0.25) is 9.69 Å². The van der Waals surface area contributed by atoms with Crippen LogP contribution in [-0.4, -0.2) is 56.7 Å². The number of hydrogen-bond donors (Lipinski definition) is 0. The Hall–Kier alpha value is -1.79. The second-order valence-corrected chi connectivity index (χ2v) is 7.48. The maximum atomic E-state index is 12.7. The van der Waals surface area contributed by atoms with Crippen LogP contribution in [0.5, 0.6) is 0 Å². The molecule has 0 spiro atoms. The first kappa shape index (κ1) is 17.0. The second-order valence-electron chi connectivity index (χ2n) is 6.17. The summed E-state index contributed by atoms with van der Waals surface area (Å²) in [6, 6.07) is 10.5. The fraction of sp³-hybridized carbons (Fsp3) is 0.444. The van der Waals surface area contributed by atoms with Crippen LogP contribution >= 0.6 is 11.8 Å². The van der Waals surface area contributed by atoms with Gasteiger partial charge in [0.2, 0.25) is 5.91 Å².